The highest BCUT2D eigenvalue weighted by molar-refractivity contribution is 7.20. The molecule has 120 valence electrons. The van der Waals surface area contributed by atoms with Gasteiger partial charge in [0.05, 0.1) is 18.0 Å². The second-order valence-corrected chi connectivity index (χ2v) is 6.90. The molecule has 0 radical (unpaired) electrons. The van der Waals surface area contributed by atoms with E-state index in [1.807, 2.05) is 16.6 Å². The van der Waals surface area contributed by atoms with Gasteiger partial charge in [-0.25, -0.2) is 9.50 Å². The standard InChI is InChI=1S/C16H18N4O2S/c21-12-5-1-10(2-6-12)14-9-17-16-20(14)19-15(23-16)18-11-3-7-13(22)8-4-11/h1-2,5-6,9,11,13,21-22H,3-4,7-8H2,(H,18,19). The monoisotopic (exact) mass is 330 g/mol. The van der Waals surface area contributed by atoms with Gasteiger partial charge in [-0.05, 0) is 49.9 Å². The molecule has 0 saturated heterocycles. The zero-order valence-corrected chi connectivity index (χ0v) is 13.3. The van der Waals surface area contributed by atoms with Crippen LogP contribution >= 0.6 is 11.3 Å². The second-order valence-electron chi connectivity index (χ2n) is 5.94. The summed E-state index contributed by atoms with van der Waals surface area (Å²) in [5, 5.41) is 27.9. The number of phenols is 1. The molecule has 0 spiro atoms. The quantitative estimate of drug-likeness (QED) is 0.688. The van der Waals surface area contributed by atoms with Crippen molar-refractivity contribution in [2.45, 2.75) is 37.8 Å². The van der Waals surface area contributed by atoms with Gasteiger partial charge < -0.3 is 15.5 Å². The number of aromatic hydroxyl groups is 1. The van der Waals surface area contributed by atoms with Crippen molar-refractivity contribution in [1.29, 1.82) is 0 Å². The van der Waals surface area contributed by atoms with Crippen molar-refractivity contribution in [1.82, 2.24) is 14.6 Å². The van der Waals surface area contributed by atoms with Gasteiger partial charge in [0.25, 0.3) is 0 Å². The van der Waals surface area contributed by atoms with Crippen LogP contribution in [0, 0.1) is 0 Å². The number of rotatable bonds is 3. The largest absolute Gasteiger partial charge is 0.508 e. The Bertz CT molecular complexity index is 803. The number of aliphatic hydroxyl groups excluding tert-OH is 1. The molecule has 0 aliphatic heterocycles. The topological polar surface area (TPSA) is 82.7 Å². The van der Waals surface area contributed by atoms with Gasteiger partial charge in [-0.2, -0.15) is 0 Å². The van der Waals surface area contributed by atoms with E-state index in [4.69, 9.17) is 0 Å². The molecule has 3 N–H and O–H groups in total. The Balaban J connectivity index is 1.58. The third kappa shape index (κ3) is 2.89. The minimum absolute atomic E-state index is 0.150. The first-order chi connectivity index (χ1) is 11.2. The van der Waals surface area contributed by atoms with Crippen molar-refractivity contribution in [3.63, 3.8) is 0 Å². The third-order valence-electron chi connectivity index (χ3n) is 4.27. The average molecular weight is 330 g/mol. The van der Waals surface area contributed by atoms with E-state index >= 15 is 0 Å². The Morgan fingerprint density at radius 2 is 1.87 bits per heavy atom. The number of fused-ring (bicyclic) bond motifs is 1. The summed E-state index contributed by atoms with van der Waals surface area (Å²) in [6.45, 7) is 0. The molecule has 1 aromatic carbocycles. The number of hydrogen-bond donors (Lipinski definition) is 3. The van der Waals surface area contributed by atoms with E-state index < -0.39 is 0 Å². The van der Waals surface area contributed by atoms with Crippen molar-refractivity contribution in [3.05, 3.63) is 30.5 Å². The first kappa shape index (κ1) is 14.5. The summed E-state index contributed by atoms with van der Waals surface area (Å²) in [5.74, 6) is 0.245. The van der Waals surface area contributed by atoms with Gasteiger partial charge in [0.1, 0.15) is 5.75 Å². The van der Waals surface area contributed by atoms with Crippen LogP contribution in [-0.2, 0) is 0 Å². The molecule has 0 atom stereocenters. The fourth-order valence-electron chi connectivity index (χ4n) is 2.97. The number of aromatic nitrogens is 3. The van der Waals surface area contributed by atoms with Crippen LogP contribution in [0.1, 0.15) is 25.7 Å². The third-order valence-corrected chi connectivity index (χ3v) is 5.13. The van der Waals surface area contributed by atoms with Gasteiger partial charge in [0.15, 0.2) is 0 Å². The van der Waals surface area contributed by atoms with E-state index in [1.165, 1.54) is 11.3 Å². The first-order valence-electron chi connectivity index (χ1n) is 7.77. The summed E-state index contributed by atoms with van der Waals surface area (Å²) < 4.78 is 1.83. The molecule has 4 rings (SSSR count). The lowest BCUT2D eigenvalue weighted by Crippen LogP contribution is -2.28. The smallest absolute Gasteiger partial charge is 0.214 e. The van der Waals surface area contributed by atoms with Crippen LogP contribution in [0.3, 0.4) is 0 Å². The number of hydrogen-bond acceptors (Lipinski definition) is 6. The summed E-state index contributed by atoms with van der Waals surface area (Å²) in [6.07, 6.45) is 5.27. The fourth-order valence-corrected chi connectivity index (χ4v) is 3.83. The Morgan fingerprint density at radius 3 is 2.61 bits per heavy atom. The molecular formula is C16H18N4O2S. The minimum atomic E-state index is -0.150. The van der Waals surface area contributed by atoms with Crippen molar-refractivity contribution < 1.29 is 10.2 Å². The SMILES string of the molecule is Oc1ccc(-c2cnc3sc(NC4CCC(O)CC4)nn23)cc1. The maximum atomic E-state index is 9.58. The van der Waals surface area contributed by atoms with E-state index in [-0.39, 0.29) is 11.9 Å². The number of imidazole rings is 1. The zero-order chi connectivity index (χ0) is 15.8. The molecule has 0 unspecified atom stereocenters. The van der Waals surface area contributed by atoms with Gasteiger partial charge >= 0.3 is 0 Å². The van der Waals surface area contributed by atoms with E-state index in [1.54, 1.807) is 18.3 Å². The lowest BCUT2D eigenvalue weighted by Gasteiger charge is -2.25. The van der Waals surface area contributed by atoms with Crippen molar-refractivity contribution in [3.8, 4) is 17.0 Å². The van der Waals surface area contributed by atoms with E-state index in [2.05, 4.69) is 15.4 Å². The number of nitrogens with one attached hydrogen (secondary N) is 1. The molecule has 1 aliphatic carbocycles. The van der Waals surface area contributed by atoms with Crippen LogP contribution in [0.5, 0.6) is 5.75 Å². The number of phenolic OH excluding ortho intramolecular Hbond substituents is 1. The lowest BCUT2D eigenvalue weighted by molar-refractivity contribution is 0.126. The van der Waals surface area contributed by atoms with Crippen LogP contribution in [0.4, 0.5) is 5.13 Å². The van der Waals surface area contributed by atoms with Crippen molar-refractivity contribution in [2.24, 2.45) is 0 Å². The maximum Gasteiger partial charge on any atom is 0.214 e. The Labute approximate surface area is 137 Å². The fraction of sp³-hybridized carbons (Fsp3) is 0.375. The molecule has 1 aliphatic rings. The molecule has 0 bridgehead atoms. The molecule has 2 aromatic heterocycles. The molecule has 0 amide bonds. The van der Waals surface area contributed by atoms with Crippen LogP contribution < -0.4 is 5.32 Å². The highest BCUT2D eigenvalue weighted by Gasteiger charge is 2.21. The van der Waals surface area contributed by atoms with Crippen LogP contribution in [-0.4, -0.2) is 37.0 Å². The van der Waals surface area contributed by atoms with E-state index in [9.17, 15) is 10.2 Å². The van der Waals surface area contributed by atoms with Crippen LogP contribution in [0.15, 0.2) is 30.5 Å². The summed E-state index contributed by atoms with van der Waals surface area (Å²) in [5.41, 5.74) is 1.87. The molecule has 2 heterocycles. The number of nitrogens with zero attached hydrogens (tertiary/aromatic N) is 3. The molecular weight excluding hydrogens is 312 g/mol. The normalized spacial score (nSPS) is 21.6. The second kappa shape index (κ2) is 5.82. The molecule has 3 aromatic rings. The van der Waals surface area contributed by atoms with Gasteiger partial charge in [-0.3, -0.25) is 0 Å². The highest BCUT2D eigenvalue weighted by Crippen LogP contribution is 2.29. The van der Waals surface area contributed by atoms with Gasteiger partial charge in [0, 0.05) is 11.6 Å². The first-order valence-corrected chi connectivity index (χ1v) is 8.59. The van der Waals surface area contributed by atoms with Crippen molar-refractivity contribution in [2.75, 3.05) is 5.32 Å². The lowest BCUT2D eigenvalue weighted by atomic mass is 9.93. The van der Waals surface area contributed by atoms with E-state index in [0.29, 0.717) is 6.04 Å². The van der Waals surface area contributed by atoms with Gasteiger partial charge in [-0.15, -0.1) is 5.10 Å². The highest BCUT2D eigenvalue weighted by atomic mass is 32.1. The summed E-state index contributed by atoms with van der Waals surface area (Å²) >= 11 is 1.53. The number of anilines is 1. The molecule has 1 fully saturated rings. The summed E-state index contributed by atoms with van der Waals surface area (Å²) in [7, 11) is 0. The Morgan fingerprint density at radius 1 is 1.13 bits per heavy atom. The Hall–Kier alpha value is -2.12. The van der Waals surface area contributed by atoms with Crippen molar-refractivity contribution >= 4 is 21.4 Å². The average Bonchev–Trinajstić information content (AvgIpc) is 3.11. The van der Waals surface area contributed by atoms with Gasteiger partial charge in [-0.1, -0.05) is 11.3 Å². The van der Waals surface area contributed by atoms with Gasteiger partial charge in [0.2, 0.25) is 10.1 Å². The molecule has 1 saturated carbocycles. The Kier molecular flexibility index (Phi) is 3.66. The van der Waals surface area contributed by atoms with E-state index in [0.717, 1.165) is 47.0 Å². The number of benzene rings is 1. The summed E-state index contributed by atoms with van der Waals surface area (Å²) in [6, 6.07) is 7.40. The number of aliphatic hydroxyl groups is 1. The van der Waals surface area contributed by atoms with Crippen LogP contribution in [0.2, 0.25) is 0 Å². The van der Waals surface area contributed by atoms with Crippen LogP contribution in [0.25, 0.3) is 16.2 Å². The summed E-state index contributed by atoms with van der Waals surface area (Å²) in [4.78, 5) is 5.26. The molecule has 23 heavy (non-hydrogen) atoms. The predicted octanol–water partition coefficient (Wildman–Crippen LogP) is 2.88. The minimum Gasteiger partial charge on any atom is -0.508 e. The molecule has 7 heteroatoms. The maximum absolute atomic E-state index is 9.58. The molecule has 6 nitrogen and oxygen atoms in total. The zero-order valence-electron chi connectivity index (χ0n) is 12.5. The predicted molar refractivity (Wildman–Crippen MR) is 89.9 cm³/mol.